The monoisotopic (exact) mass is 267 g/mol. The standard InChI is InChI=1S/C13H17NO5/c1-19-9-7-14(6-8-15)12(16)10-2-4-11(5-3-10)13(17)18/h2-5,15H,6-9H2,1H3,(H,17,18). The van der Waals surface area contributed by atoms with Crippen molar-refractivity contribution >= 4 is 11.9 Å². The second-order valence-corrected chi connectivity index (χ2v) is 3.89. The fraction of sp³-hybridized carbons (Fsp3) is 0.385. The highest BCUT2D eigenvalue weighted by molar-refractivity contribution is 5.95. The van der Waals surface area contributed by atoms with Crippen LogP contribution >= 0.6 is 0 Å². The van der Waals surface area contributed by atoms with Crippen LogP contribution in [0.1, 0.15) is 20.7 Å². The van der Waals surface area contributed by atoms with Crippen LogP contribution in [0, 0.1) is 0 Å². The fourth-order valence-electron chi connectivity index (χ4n) is 1.58. The summed E-state index contributed by atoms with van der Waals surface area (Å²) in [6, 6.07) is 5.68. The largest absolute Gasteiger partial charge is 0.478 e. The highest BCUT2D eigenvalue weighted by Crippen LogP contribution is 2.08. The first-order valence-corrected chi connectivity index (χ1v) is 5.82. The van der Waals surface area contributed by atoms with E-state index in [0.29, 0.717) is 18.7 Å². The third-order valence-corrected chi connectivity index (χ3v) is 2.60. The number of hydrogen-bond donors (Lipinski definition) is 2. The van der Waals surface area contributed by atoms with Crippen molar-refractivity contribution in [1.82, 2.24) is 4.90 Å². The Hall–Kier alpha value is -1.92. The highest BCUT2D eigenvalue weighted by atomic mass is 16.5. The molecule has 19 heavy (non-hydrogen) atoms. The number of carbonyl (C=O) groups excluding carboxylic acids is 1. The highest BCUT2D eigenvalue weighted by Gasteiger charge is 2.15. The van der Waals surface area contributed by atoms with Crippen molar-refractivity contribution in [2.45, 2.75) is 0 Å². The SMILES string of the molecule is COCCN(CCO)C(=O)c1ccc(C(=O)O)cc1. The molecule has 1 aromatic rings. The second kappa shape index (κ2) is 7.50. The van der Waals surface area contributed by atoms with Crippen molar-refractivity contribution in [3.63, 3.8) is 0 Å². The zero-order chi connectivity index (χ0) is 14.3. The molecular formula is C13H17NO5. The molecule has 0 aliphatic carbocycles. The molecule has 1 rings (SSSR count). The second-order valence-electron chi connectivity index (χ2n) is 3.89. The van der Waals surface area contributed by atoms with E-state index in [2.05, 4.69) is 0 Å². The van der Waals surface area contributed by atoms with Crippen LogP contribution in [0.2, 0.25) is 0 Å². The Morgan fingerprint density at radius 3 is 2.21 bits per heavy atom. The first-order chi connectivity index (χ1) is 9.10. The van der Waals surface area contributed by atoms with Gasteiger partial charge in [-0.1, -0.05) is 0 Å². The third kappa shape index (κ3) is 4.35. The van der Waals surface area contributed by atoms with Crippen molar-refractivity contribution in [2.24, 2.45) is 0 Å². The number of carboxylic acids is 1. The van der Waals surface area contributed by atoms with Crippen molar-refractivity contribution in [1.29, 1.82) is 0 Å². The van der Waals surface area contributed by atoms with Gasteiger partial charge in [0.1, 0.15) is 0 Å². The minimum absolute atomic E-state index is 0.127. The molecule has 0 saturated carbocycles. The van der Waals surface area contributed by atoms with Crippen LogP contribution in [-0.2, 0) is 4.74 Å². The van der Waals surface area contributed by atoms with E-state index in [4.69, 9.17) is 14.9 Å². The van der Waals surface area contributed by atoms with Gasteiger partial charge in [-0.25, -0.2) is 4.79 Å². The Kier molecular flexibility index (Phi) is 5.98. The normalized spacial score (nSPS) is 10.2. The Bertz CT molecular complexity index is 429. The van der Waals surface area contributed by atoms with Gasteiger partial charge in [-0.2, -0.15) is 0 Å². The van der Waals surface area contributed by atoms with E-state index in [9.17, 15) is 9.59 Å². The van der Waals surface area contributed by atoms with Gasteiger partial charge >= 0.3 is 5.97 Å². The van der Waals surface area contributed by atoms with Crippen molar-refractivity contribution in [3.8, 4) is 0 Å². The zero-order valence-corrected chi connectivity index (χ0v) is 10.7. The molecular weight excluding hydrogens is 250 g/mol. The number of aliphatic hydroxyl groups excluding tert-OH is 1. The van der Waals surface area contributed by atoms with Crippen molar-refractivity contribution in [3.05, 3.63) is 35.4 Å². The molecule has 0 fully saturated rings. The number of methoxy groups -OCH3 is 1. The number of rotatable bonds is 7. The zero-order valence-electron chi connectivity index (χ0n) is 10.7. The average Bonchev–Trinajstić information content (AvgIpc) is 2.42. The number of aliphatic hydroxyl groups is 1. The Morgan fingerprint density at radius 2 is 1.74 bits per heavy atom. The molecule has 0 atom stereocenters. The predicted molar refractivity (Wildman–Crippen MR) is 68.3 cm³/mol. The molecule has 2 N–H and O–H groups in total. The third-order valence-electron chi connectivity index (χ3n) is 2.60. The summed E-state index contributed by atoms with van der Waals surface area (Å²) in [6.07, 6.45) is 0. The molecule has 0 heterocycles. The number of carbonyl (C=O) groups is 2. The van der Waals surface area contributed by atoms with Gasteiger partial charge in [-0.15, -0.1) is 0 Å². The van der Waals surface area contributed by atoms with Crippen molar-refractivity contribution in [2.75, 3.05) is 33.4 Å². The summed E-state index contributed by atoms with van der Waals surface area (Å²) >= 11 is 0. The molecule has 0 aromatic heterocycles. The summed E-state index contributed by atoms with van der Waals surface area (Å²) in [5, 5.41) is 17.7. The van der Waals surface area contributed by atoms with Gasteiger partial charge in [0.05, 0.1) is 18.8 Å². The fourth-order valence-corrected chi connectivity index (χ4v) is 1.58. The van der Waals surface area contributed by atoms with Gasteiger partial charge in [0.25, 0.3) is 5.91 Å². The lowest BCUT2D eigenvalue weighted by molar-refractivity contribution is 0.0653. The molecule has 1 aromatic carbocycles. The van der Waals surface area contributed by atoms with Crippen LogP contribution < -0.4 is 0 Å². The average molecular weight is 267 g/mol. The predicted octanol–water partition coefficient (Wildman–Crippen LogP) is 0.466. The van der Waals surface area contributed by atoms with Gasteiger partial charge in [0.15, 0.2) is 0 Å². The summed E-state index contributed by atoms with van der Waals surface area (Å²) in [6.45, 7) is 0.820. The Labute approximate surface area is 111 Å². The maximum absolute atomic E-state index is 12.1. The van der Waals surface area contributed by atoms with Crippen LogP contribution in [0.25, 0.3) is 0 Å². The lowest BCUT2D eigenvalue weighted by Crippen LogP contribution is -2.36. The maximum atomic E-state index is 12.1. The van der Waals surface area contributed by atoms with E-state index < -0.39 is 5.97 Å². The van der Waals surface area contributed by atoms with Crippen LogP contribution in [-0.4, -0.2) is 60.4 Å². The quantitative estimate of drug-likeness (QED) is 0.749. The number of aromatic carboxylic acids is 1. The number of benzene rings is 1. The van der Waals surface area contributed by atoms with E-state index in [1.165, 1.54) is 36.3 Å². The summed E-state index contributed by atoms with van der Waals surface area (Å²) < 4.78 is 4.90. The maximum Gasteiger partial charge on any atom is 0.335 e. The van der Waals surface area contributed by atoms with Gasteiger partial charge in [0.2, 0.25) is 0 Å². The van der Waals surface area contributed by atoms with Crippen LogP contribution in [0.15, 0.2) is 24.3 Å². The Morgan fingerprint density at radius 1 is 1.16 bits per heavy atom. The van der Waals surface area contributed by atoms with E-state index in [-0.39, 0.29) is 24.6 Å². The van der Waals surface area contributed by atoms with Gasteiger partial charge in [0, 0.05) is 25.8 Å². The number of carboxylic acid groups (broad SMARTS) is 1. The lowest BCUT2D eigenvalue weighted by atomic mass is 10.1. The molecule has 104 valence electrons. The minimum Gasteiger partial charge on any atom is -0.478 e. The van der Waals surface area contributed by atoms with Crippen LogP contribution in [0.4, 0.5) is 0 Å². The first kappa shape index (κ1) is 15.1. The summed E-state index contributed by atoms with van der Waals surface area (Å²) in [4.78, 5) is 24.3. The molecule has 0 spiro atoms. The molecule has 1 amide bonds. The molecule has 0 bridgehead atoms. The van der Waals surface area contributed by atoms with E-state index in [0.717, 1.165) is 0 Å². The summed E-state index contributed by atoms with van der Waals surface area (Å²) in [5.74, 6) is -1.30. The summed E-state index contributed by atoms with van der Waals surface area (Å²) in [5.41, 5.74) is 0.511. The molecule has 0 saturated heterocycles. The van der Waals surface area contributed by atoms with Crippen LogP contribution in [0.3, 0.4) is 0 Å². The smallest absolute Gasteiger partial charge is 0.335 e. The molecule has 0 aliphatic heterocycles. The number of hydrogen-bond acceptors (Lipinski definition) is 4. The minimum atomic E-state index is -1.04. The van der Waals surface area contributed by atoms with E-state index in [1.54, 1.807) is 0 Å². The first-order valence-electron chi connectivity index (χ1n) is 5.82. The van der Waals surface area contributed by atoms with E-state index >= 15 is 0 Å². The summed E-state index contributed by atoms with van der Waals surface area (Å²) in [7, 11) is 1.53. The number of nitrogens with zero attached hydrogens (tertiary/aromatic N) is 1. The van der Waals surface area contributed by atoms with Crippen molar-refractivity contribution < 1.29 is 24.5 Å². The van der Waals surface area contributed by atoms with Crippen LogP contribution in [0.5, 0.6) is 0 Å². The topological polar surface area (TPSA) is 87.1 Å². The molecule has 0 aliphatic rings. The van der Waals surface area contributed by atoms with Gasteiger partial charge < -0.3 is 19.8 Å². The van der Waals surface area contributed by atoms with Gasteiger partial charge in [-0.05, 0) is 24.3 Å². The molecule has 0 unspecified atom stereocenters. The molecule has 6 heteroatoms. The van der Waals surface area contributed by atoms with Gasteiger partial charge in [-0.3, -0.25) is 4.79 Å². The lowest BCUT2D eigenvalue weighted by Gasteiger charge is -2.21. The number of amides is 1. The van der Waals surface area contributed by atoms with E-state index in [1.807, 2.05) is 0 Å². The molecule has 6 nitrogen and oxygen atoms in total. The number of ether oxygens (including phenoxy) is 1. The molecule has 0 radical (unpaired) electrons. The Balaban J connectivity index is 2.80.